The molecule has 0 unspecified atom stereocenters. The van der Waals surface area contributed by atoms with Crippen molar-refractivity contribution in [3.63, 3.8) is 0 Å². The van der Waals surface area contributed by atoms with Crippen molar-refractivity contribution < 1.29 is 13.9 Å². The minimum absolute atomic E-state index is 0.180. The molecule has 0 aliphatic carbocycles. The van der Waals surface area contributed by atoms with Crippen molar-refractivity contribution in [1.82, 2.24) is 5.32 Å². The zero-order valence-corrected chi connectivity index (χ0v) is 11.3. The lowest BCUT2D eigenvalue weighted by atomic mass is 10.2. The molecule has 0 spiro atoms. The standard InChI is InChI=1S/C15H19NO3/c1-11(2)18-9-5-8-16-15(17)14-10-12-6-3-4-7-13(12)19-14/h3-4,6-7,10-11H,5,8-9H2,1-2H3,(H,16,17). The van der Waals surface area contributed by atoms with Gasteiger partial charge in [0, 0.05) is 18.5 Å². The summed E-state index contributed by atoms with van der Waals surface area (Å²) in [5.41, 5.74) is 0.732. The fourth-order valence-electron chi connectivity index (χ4n) is 1.77. The third kappa shape index (κ3) is 3.83. The first-order valence-electron chi connectivity index (χ1n) is 6.55. The summed E-state index contributed by atoms with van der Waals surface area (Å²) in [5, 5.41) is 3.76. The second-order valence-corrected chi connectivity index (χ2v) is 4.68. The van der Waals surface area contributed by atoms with Gasteiger partial charge in [-0.3, -0.25) is 4.79 Å². The summed E-state index contributed by atoms with van der Waals surface area (Å²) in [6, 6.07) is 9.34. The van der Waals surface area contributed by atoms with Crippen LogP contribution in [-0.4, -0.2) is 25.2 Å². The number of ether oxygens (including phenoxy) is 1. The summed E-state index contributed by atoms with van der Waals surface area (Å²) >= 11 is 0. The topological polar surface area (TPSA) is 51.5 Å². The molecule has 2 aromatic rings. The van der Waals surface area contributed by atoms with Gasteiger partial charge in [0.15, 0.2) is 5.76 Å². The number of benzene rings is 1. The molecular formula is C15H19NO3. The molecule has 0 aliphatic heterocycles. The fraction of sp³-hybridized carbons (Fsp3) is 0.400. The van der Waals surface area contributed by atoms with Crippen LogP contribution < -0.4 is 5.32 Å². The van der Waals surface area contributed by atoms with Crippen LogP contribution in [-0.2, 0) is 4.74 Å². The molecule has 0 atom stereocenters. The van der Waals surface area contributed by atoms with Crippen molar-refractivity contribution in [2.75, 3.05) is 13.2 Å². The molecule has 4 nitrogen and oxygen atoms in total. The van der Waals surface area contributed by atoms with Crippen LogP contribution in [0.25, 0.3) is 11.0 Å². The lowest BCUT2D eigenvalue weighted by Crippen LogP contribution is -2.25. The Kier molecular flexibility index (Phi) is 4.58. The molecule has 0 saturated heterocycles. The molecule has 1 aromatic carbocycles. The van der Waals surface area contributed by atoms with Crippen molar-refractivity contribution in [3.05, 3.63) is 36.1 Å². The van der Waals surface area contributed by atoms with Gasteiger partial charge in [-0.2, -0.15) is 0 Å². The average Bonchev–Trinajstić information content (AvgIpc) is 2.81. The highest BCUT2D eigenvalue weighted by Gasteiger charge is 2.10. The number of carbonyl (C=O) groups excluding carboxylic acids is 1. The molecule has 0 aliphatic rings. The van der Waals surface area contributed by atoms with Gasteiger partial charge in [0.25, 0.3) is 5.91 Å². The highest BCUT2D eigenvalue weighted by Crippen LogP contribution is 2.18. The van der Waals surface area contributed by atoms with Crippen molar-refractivity contribution in [3.8, 4) is 0 Å². The van der Waals surface area contributed by atoms with E-state index < -0.39 is 0 Å². The van der Waals surface area contributed by atoms with E-state index in [2.05, 4.69) is 5.32 Å². The maximum atomic E-state index is 11.9. The number of amides is 1. The summed E-state index contributed by atoms with van der Waals surface area (Å²) in [5.74, 6) is 0.173. The van der Waals surface area contributed by atoms with E-state index in [0.29, 0.717) is 18.9 Å². The van der Waals surface area contributed by atoms with Gasteiger partial charge < -0.3 is 14.5 Å². The number of carbonyl (C=O) groups is 1. The van der Waals surface area contributed by atoms with Crippen LogP contribution in [0.4, 0.5) is 0 Å². The lowest BCUT2D eigenvalue weighted by molar-refractivity contribution is 0.0753. The first-order chi connectivity index (χ1) is 9.16. The second-order valence-electron chi connectivity index (χ2n) is 4.68. The van der Waals surface area contributed by atoms with E-state index in [1.807, 2.05) is 38.1 Å². The van der Waals surface area contributed by atoms with E-state index in [1.165, 1.54) is 0 Å². The van der Waals surface area contributed by atoms with Crippen LogP contribution in [0.5, 0.6) is 0 Å². The summed E-state index contributed by atoms with van der Waals surface area (Å²) < 4.78 is 10.9. The largest absolute Gasteiger partial charge is 0.451 e. The highest BCUT2D eigenvalue weighted by molar-refractivity contribution is 5.95. The Morgan fingerprint density at radius 2 is 2.16 bits per heavy atom. The monoisotopic (exact) mass is 261 g/mol. The Labute approximate surface area is 112 Å². The molecule has 1 aromatic heterocycles. The Balaban J connectivity index is 1.83. The summed E-state index contributed by atoms with van der Waals surface area (Å²) in [7, 11) is 0. The molecule has 1 N–H and O–H groups in total. The van der Waals surface area contributed by atoms with E-state index in [1.54, 1.807) is 6.07 Å². The fourth-order valence-corrected chi connectivity index (χ4v) is 1.77. The number of fused-ring (bicyclic) bond motifs is 1. The SMILES string of the molecule is CC(C)OCCCNC(=O)c1cc2ccccc2o1. The maximum Gasteiger partial charge on any atom is 0.287 e. The smallest absolute Gasteiger partial charge is 0.287 e. The van der Waals surface area contributed by atoms with Gasteiger partial charge >= 0.3 is 0 Å². The lowest BCUT2D eigenvalue weighted by Gasteiger charge is -2.07. The van der Waals surface area contributed by atoms with Crippen LogP contribution in [0.1, 0.15) is 30.8 Å². The quantitative estimate of drug-likeness (QED) is 0.813. The van der Waals surface area contributed by atoms with Crippen LogP contribution in [0.3, 0.4) is 0 Å². The third-order valence-electron chi connectivity index (χ3n) is 2.71. The minimum atomic E-state index is -0.180. The van der Waals surface area contributed by atoms with E-state index in [0.717, 1.165) is 17.4 Å². The van der Waals surface area contributed by atoms with Gasteiger partial charge in [-0.1, -0.05) is 18.2 Å². The number of rotatable bonds is 6. The molecular weight excluding hydrogens is 242 g/mol. The van der Waals surface area contributed by atoms with Crippen LogP contribution in [0.15, 0.2) is 34.7 Å². The zero-order valence-electron chi connectivity index (χ0n) is 11.3. The number of para-hydroxylation sites is 1. The number of nitrogens with one attached hydrogen (secondary N) is 1. The summed E-state index contributed by atoms with van der Waals surface area (Å²) in [6.45, 7) is 5.22. The zero-order chi connectivity index (χ0) is 13.7. The van der Waals surface area contributed by atoms with Crippen molar-refractivity contribution in [2.45, 2.75) is 26.4 Å². The average molecular weight is 261 g/mol. The molecule has 0 bridgehead atoms. The first-order valence-corrected chi connectivity index (χ1v) is 6.55. The van der Waals surface area contributed by atoms with Gasteiger partial charge in [0.05, 0.1) is 6.10 Å². The van der Waals surface area contributed by atoms with E-state index >= 15 is 0 Å². The molecule has 0 fully saturated rings. The maximum absolute atomic E-state index is 11.9. The molecule has 19 heavy (non-hydrogen) atoms. The number of hydrogen-bond donors (Lipinski definition) is 1. The van der Waals surface area contributed by atoms with Crippen LogP contribution >= 0.6 is 0 Å². The Hall–Kier alpha value is -1.81. The highest BCUT2D eigenvalue weighted by atomic mass is 16.5. The minimum Gasteiger partial charge on any atom is -0.451 e. The predicted octanol–water partition coefficient (Wildman–Crippen LogP) is 2.98. The second kappa shape index (κ2) is 6.38. The van der Waals surface area contributed by atoms with E-state index in [4.69, 9.17) is 9.15 Å². The van der Waals surface area contributed by atoms with Crippen LogP contribution in [0, 0.1) is 0 Å². The molecule has 1 amide bonds. The van der Waals surface area contributed by atoms with E-state index in [-0.39, 0.29) is 12.0 Å². The molecule has 1 heterocycles. The van der Waals surface area contributed by atoms with Gasteiger partial charge in [0.1, 0.15) is 5.58 Å². The predicted molar refractivity (Wildman–Crippen MR) is 74.3 cm³/mol. The van der Waals surface area contributed by atoms with Gasteiger partial charge in [-0.05, 0) is 32.4 Å². The first kappa shape index (κ1) is 13.6. The normalized spacial score (nSPS) is 11.1. The third-order valence-corrected chi connectivity index (χ3v) is 2.71. The van der Waals surface area contributed by atoms with Crippen molar-refractivity contribution in [1.29, 1.82) is 0 Å². The number of furan rings is 1. The molecule has 2 rings (SSSR count). The molecule has 102 valence electrons. The van der Waals surface area contributed by atoms with Gasteiger partial charge in [0.2, 0.25) is 0 Å². The summed E-state index contributed by atoms with van der Waals surface area (Å²) in [6.07, 6.45) is 1.02. The van der Waals surface area contributed by atoms with Crippen molar-refractivity contribution >= 4 is 16.9 Å². The Bertz CT molecular complexity index is 512. The van der Waals surface area contributed by atoms with Crippen molar-refractivity contribution in [2.24, 2.45) is 0 Å². The summed E-state index contributed by atoms with van der Waals surface area (Å²) in [4.78, 5) is 11.9. The Morgan fingerprint density at radius 3 is 2.89 bits per heavy atom. The molecule has 4 heteroatoms. The molecule has 0 saturated carbocycles. The van der Waals surface area contributed by atoms with Crippen LogP contribution in [0.2, 0.25) is 0 Å². The number of hydrogen-bond acceptors (Lipinski definition) is 3. The van der Waals surface area contributed by atoms with Gasteiger partial charge in [-0.15, -0.1) is 0 Å². The Morgan fingerprint density at radius 1 is 1.37 bits per heavy atom. The van der Waals surface area contributed by atoms with E-state index in [9.17, 15) is 4.79 Å². The van der Waals surface area contributed by atoms with Gasteiger partial charge in [-0.25, -0.2) is 0 Å². The molecule has 0 radical (unpaired) electrons.